The van der Waals surface area contributed by atoms with E-state index in [9.17, 15) is 9.59 Å². The number of carbonyl (C=O) groups excluding carboxylic acids is 2. The fraction of sp³-hybridized carbons (Fsp3) is 0.556. The van der Waals surface area contributed by atoms with E-state index < -0.39 is 5.97 Å². The van der Waals surface area contributed by atoms with E-state index >= 15 is 0 Å². The standard InChI is InChI=1S/C18H25NO4/c1-3-22-18(21)14-9-5-7-11-16(14)23-12-17(20)19-15-10-6-4-8-13(15)2/h5,7,9,11,13,15H,3-4,6,8,10,12H2,1-2H3,(H,19,20)/t13-,15-/m0/s1. The Morgan fingerprint density at radius 1 is 1.22 bits per heavy atom. The minimum atomic E-state index is -0.440. The second-order valence-electron chi connectivity index (χ2n) is 5.94. The molecule has 23 heavy (non-hydrogen) atoms. The predicted molar refractivity (Wildman–Crippen MR) is 87.5 cm³/mol. The van der Waals surface area contributed by atoms with E-state index in [0.29, 0.717) is 23.8 Å². The van der Waals surface area contributed by atoms with Crippen LogP contribution in [0.1, 0.15) is 49.9 Å². The summed E-state index contributed by atoms with van der Waals surface area (Å²) in [5, 5.41) is 3.03. The molecule has 1 aromatic rings. The highest BCUT2D eigenvalue weighted by Crippen LogP contribution is 2.24. The molecule has 0 aliphatic heterocycles. The summed E-state index contributed by atoms with van der Waals surface area (Å²) in [5.74, 6) is 0.282. The normalized spacial score (nSPS) is 20.6. The van der Waals surface area contributed by atoms with Gasteiger partial charge in [-0.25, -0.2) is 4.79 Å². The van der Waals surface area contributed by atoms with Gasteiger partial charge in [-0.15, -0.1) is 0 Å². The average Bonchev–Trinajstić information content (AvgIpc) is 2.55. The van der Waals surface area contributed by atoms with Gasteiger partial charge in [-0.05, 0) is 37.8 Å². The Morgan fingerprint density at radius 3 is 2.70 bits per heavy atom. The molecule has 0 spiro atoms. The van der Waals surface area contributed by atoms with Crippen molar-refractivity contribution in [3.05, 3.63) is 29.8 Å². The van der Waals surface area contributed by atoms with Crippen LogP contribution in [0.2, 0.25) is 0 Å². The van der Waals surface area contributed by atoms with Gasteiger partial charge in [0.05, 0.1) is 6.61 Å². The molecule has 0 radical (unpaired) electrons. The monoisotopic (exact) mass is 319 g/mol. The maximum absolute atomic E-state index is 12.1. The molecule has 1 fully saturated rings. The van der Waals surface area contributed by atoms with Crippen LogP contribution in [0.5, 0.6) is 5.75 Å². The van der Waals surface area contributed by atoms with Crippen molar-refractivity contribution in [3.8, 4) is 5.75 Å². The molecule has 5 heteroatoms. The molecule has 0 unspecified atom stereocenters. The zero-order chi connectivity index (χ0) is 16.7. The van der Waals surface area contributed by atoms with Crippen molar-refractivity contribution in [3.63, 3.8) is 0 Å². The van der Waals surface area contributed by atoms with Crippen molar-refractivity contribution in [2.45, 2.75) is 45.6 Å². The molecule has 1 aliphatic carbocycles. The lowest BCUT2D eigenvalue weighted by Crippen LogP contribution is -2.43. The predicted octanol–water partition coefficient (Wildman–Crippen LogP) is 2.94. The number of hydrogen-bond acceptors (Lipinski definition) is 4. The number of amides is 1. The summed E-state index contributed by atoms with van der Waals surface area (Å²) in [6.07, 6.45) is 4.56. The molecule has 0 heterocycles. The third-order valence-corrected chi connectivity index (χ3v) is 4.20. The van der Waals surface area contributed by atoms with Crippen LogP contribution in [0.25, 0.3) is 0 Å². The fourth-order valence-corrected chi connectivity index (χ4v) is 2.89. The summed E-state index contributed by atoms with van der Waals surface area (Å²) in [6, 6.07) is 7.03. The molecule has 0 saturated heterocycles. The molecule has 126 valence electrons. The van der Waals surface area contributed by atoms with E-state index in [-0.39, 0.29) is 18.6 Å². The van der Waals surface area contributed by atoms with Gasteiger partial charge in [0.15, 0.2) is 6.61 Å². The van der Waals surface area contributed by atoms with Crippen molar-refractivity contribution < 1.29 is 19.1 Å². The van der Waals surface area contributed by atoms with Crippen molar-refractivity contribution in [2.75, 3.05) is 13.2 Å². The van der Waals surface area contributed by atoms with Gasteiger partial charge in [-0.1, -0.05) is 31.9 Å². The Morgan fingerprint density at radius 2 is 1.96 bits per heavy atom. The molecule has 0 aromatic heterocycles. The number of esters is 1. The maximum Gasteiger partial charge on any atom is 0.341 e. The van der Waals surface area contributed by atoms with Crippen LogP contribution in [-0.4, -0.2) is 31.1 Å². The molecule has 1 saturated carbocycles. The van der Waals surface area contributed by atoms with Gasteiger partial charge in [-0.3, -0.25) is 4.79 Å². The van der Waals surface area contributed by atoms with Crippen LogP contribution >= 0.6 is 0 Å². The third kappa shape index (κ3) is 4.98. The highest BCUT2D eigenvalue weighted by molar-refractivity contribution is 5.92. The van der Waals surface area contributed by atoms with E-state index in [1.165, 1.54) is 6.42 Å². The lowest BCUT2D eigenvalue weighted by Gasteiger charge is -2.29. The Kier molecular flexibility index (Phi) is 6.44. The zero-order valence-electron chi connectivity index (χ0n) is 13.8. The Balaban J connectivity index is 1.90. The van der Waals surface area contributed by atoms with Gasteiger partial charge in [0.1, 0.15) is 11.3 Å². The maximum atomic E-state index is 12.1. The van der Waals surface area contributed by atoms with Crippen LogP contribution in [0.3, 0.4) is 0 Å². The smallest absolute Gasteiger partial charge is 0.341 e. The summed E-state index contributed by atoms with van der Waals surface area (Å²) in [4.78, 5) is 24.0. The van der Waals surface area contributed by atoms with Crippen LogP contribution in [0, 0.1) is 5.92 Å². The van der Waals surface area contributed by atoms with Gasteiger partial charge in [0.2, 0.25) is 0 Å². The first-order valence-electron chi connectivity index (χ1n) is 8.30. The second kappa shape index (κ2) is 8.56. The molecule has 0 bridgehead atoms. The Hall–Kier alpha value is -2.04. The first-order chi connectivity index (χ1) is 11.1. The van der Waals surface area contributed by atoms with E-state index in [4.69, 9.17) is 9.47 Å². The van der Waals surface area contributed by atoms with Gasteiger partial charge in [0, 0.05) is 6.04 Å². The van der Waals surface area contributed by atoms with E-state index in [0.717, 1.165) is 19.3 Å². The minimum Gasteiger partial charge on any atom is -0.483 e. The van der Waals surface area contributed by atoms with Crippen LogP contribution in [-0.2, 0) is 9.53 Å². The van der Waals surface area contributed by atoms with E-state index in [1.54, 1.807) is 31.2 Å². The topological polar surface area (TPSA) is 64.6 Å². The summed E-state index contributed by atoms with van der Waals surface area (Å²) in [6.45, 7) is 4.12. The fourth-order valence-electron chi connectivity index (χ4n) is 2.89. The summed E-state index contributed by atoms with van der Waals surface area (Å²) in [7, 11) is 0. The van der Waals surface area contributed by atoms with Crippen LogP contribution in [0.15, 0.2) is 24.3 Å². The van der Waals surface area contributed by atoms with Crippen molar-refractivity contribution in [1.29, 1.82) is 0 Å². The first-order valence-corrected chi connectivity index (χ1v) is 8.30. The second-order valence-corrected chi connectivity index (χ2v) is 5.94. The number of para-hydroxylation sites is 1. The highest BCUT2D eigenvalue weighted by atomic mass is 16.5. The first kappa shape index (κ1) is 17.3. The van der Waals surface area contributed by atoms with Gasteiger partial charge >= 0.3 is 5.97 Å². The zero-order valence-corrected chi connectivity index (χ0v) is 13.8. The number of hydrogen-bond donors (Lipinski definition) is 1. The molecule has 1 aromatic carbocycles. The molecule has 1 N–H and O–H groups in total. The number of carbonyl (C=O) groups is 2. The molecule has 1 aliphatic rings. The number of ether oxygens (including phenoxy) is 2. The Labute approximate surface area is 137 Å². The third-order valence-electron chi connectivity index (χ3n) is 4.20. The summed E-state index contributed by atoms with van der Waals surface area (Å²) < 4.78 is 10.5. The van der Waals surface area contributed by atoms with Crippen molar-refractivity contribution in [2.24, 2.45) is 5.92 Å². The van der Waals surface area contributed by atoms with Gasteiger partial charge in [-0.2, -0.15) is 0 Å². The lowest BCUT2D eigenvalue weighted by molar-refractivity contribution is -0.124. The lowest BCUT2D eigenvalue weighted by atomic mass is 9.86. The molecular formula is C18H25NO4. The quantitative estimate of drug-likeness (QED) is 0.819. The van der Waals surface area contributed by atoms with Crippen LogP contribution < -0.4 is 10.1 Å². The number of benzene rings is 1. The number of nitrogens with one attached hydrogen (secondary N) is 1. The van der Waals surface area contributed by atoms with Crippen molar-refractivity contribution >= 4 is 11.9 Å². The summed E-state index contributed by atoms with van der Waals surface area (Å²) >= 11 is 0. The molecular weight excluding hydrogens is 294 g/mol. The Bertz CT molecular complexity index is 544. The average molecular weight is 319 g/mol. The molecule has 1 amide bonds. The van der Waals surface area contributed by atoms with Crippen LogP contribution in [0.4, 0.5) is 0 Å². The van der Waals surface area contributed by atoms with Crippen molar-refractivity contribution in [1.82, 2.24) is 5.32 Å². The highest BCUT2D eigenvalue weighted by Gasteiger charge is 2.23. The molecule has 2 rings (SSSR count). The molecule has 2 atom stereocenters. The largest absolute Gasteiger partial charge is 0.483 e. The minimum absolute atomic E-state index is 0.0976. The van der Waals surface area contributed by atoms with Gasteiger partial charge < -0.3 is 14.8 Å². The summed E-state index contributed by atoms with van der Waals surface area (Å²) in [5.41, 5.74) is 0.341. The van der Waals surface area contributed by atoms with Gasteiger partial charge in [0.25, 0.3) is 5.91 Å². The SMILES string of the molecule is CCOC(=O)c1ccccc1OCC(=O)N[C@H]1CCCC[C@@H]1C. The molecule has 5 nitrogen and oxygen atoms in total. The van der Waals surface area contributed by atoms with E-state index in [1.807, 2.05) is 0 Å². The van der Waals surface area contributed by atoms with E-state index in [2.05, 4.69) is 12.2 Å². The number of rotatable bonds is 6.